The van der Waals surface area contributed by atoms with Crippen molar-refractivity contribution in [2.45, 2.75) is 32.2 Å². The summed E-state index contributed by atoms with van der Waals surface area (Å²) in [7, 11) is 1.62. The van der Waals surface area contributed by atoms with Gasteiger partial charge in [-0.15, -0.1) is 0 Å². The van der Waals surface area contributed by atoms with Crippen LogP contribution in [0.3, 0.4) is 0 Å². The molecule has 1 saturated carbocycles. The van der Waals surface area contributed by atoms with Crippen LogP contribution in [0.4, 0.5) is 0 Å². The molecule has 7 heteroatoms. The van der Waals surface area contributed by atoms with Gasteiger partial charge in [0.05, 0.1) is 29.2 Å². The molecular weight excluding hydrogens is 414 g/mol. The number of rotatable bonds is 7. The molecule has 0 saturated heterocycles. The number of fused-ring (bicyclic) bond motifs is 1. The summed E-state index contributed by atoms with van der Waals surface area (Å²) in [6.45, 7) is 2.78. The van der Waals surface area contributed by atoms with Crippen molar-refractivity contribution in [1.29, 1.82) is 0 Å². The van der Waals surface area contributed by atoms with E-state index in [4.69, 9.17) is 21.3 Å². The summed E-state index contributed by atoms with van der Waals surface area (Å²) in [6, 6.07) is 14.0. The summed E-state index contributed by atoms with van der Waals surface area (Å²) in [5, 5.41) is 1.11. The highest BCUT2D eigenvalue weighted by Crippen LogP contribution is 2.32. The molecule has 1 unspecified atom stereocenters. The molecular formula is C24H26ClN3O3. The van der Waals surface area contributed by atoms with Gasteiger partial charge in [-0.1, -0.05) is 30.2 Å². The Morgan fingerprint density at radius 3 is 2.58 bits per heavy atom. The van der Waals surface area contributed by atoms with Crippen molar-refractivity contribution in [3.05, 3.63) is 69.7 Å². The van der Waals surface area contributed by atoms with Gasteiger partial charge in [0.15, 0.2) is 0 Å². The Balaban J connectivity index is 1.87. The van der Waals surface area contributed by atoms with Crippen LogP contribution in [0.2, 0.25) is 5.02 Å². The lowest BCUT2D eigenvalue weighted by atomic mass is 9.84. The Kier molecular flexibility index (Phi) is 6.39. The van der Waals surface area contributed by atoms with Crippen LogP contribution in [-0.4, -0.2) is 40.6 Å². The van der Waals surface area contributed by atoms with Gasteiger partial charge in [-0.05, 0) is 56.2 Å². The minimum atomic E-state index is -0.406. The van der Waals surface area contributed by atoms with E-state index in [0.717, 1.165) is 19.3 Å². The first-order valence-electron chi connectivity index (χ1n) is 10.6. The number of amides is 1. The number of ether oxygens (including phenoxy) is 1. The van der Waals surface area contributed by atoms with Gasteiger partial charge < -0.3 is 9.64 Å². The number of hydrogen-bond acceptors (Lipinski definition) is 4. The number of hydrogen-bond donors (Lipinski definition) is 0. The monoisotopic (exact) mass is 439 g/mol. The fraction of sp³-hybridized carbons (Fsp3) is 0.375. The molecule has 6 nitrogen and oxygen atoms in total. The molecule has 4 rings (SSSR count). The normalized spacial score (nSPS) is 14.9. The summed E-state index contributed by atoms with van der Waals surface area (Å²) in [5.74, 6) is 0.658. The smallest absolute Gasteiger partial charge is 0.266 e. The average molecular weight is 440 g/mol. The first-order valence-corrected chi connectivity index (χ1v) is 11.0. The summed E-state index contributed by atoms with van der Waals surface area (Å²) in [5.41, 5.74) is 1.11. The van der Waals surface area contributed by atoms with Crippen LogP contribution >= 0.6 is 11.6 Å². The van der Waals surface area contributed by atoms with Crippen molar-refractivity contribution < 1.29 is 9.53 Å². The standard InChI is InChI=1S/C24H26ClN3O3/c1-16(27(14-15-31-2)23(29)17-6-5-7-17)22-26-21-9-4-3-8-20(21)24(30)28(22)19-12-10-18(25)11-13-19/h3-4,8-13,16-17H,5-7,14-15H2,1-2H3. The van der Waals surface area contributed by atoms with Crippen molar-refractivity contribution in [3.63, 3.8) is 0 Å². The number of halogens is 1. The number of aromatic nitrogens is 2. The Labute approximate surface area is 186 Å². The summed E-state index contributed by atoms with van der Waals surface area (Å²) in [6.07, 6.45) is 2.89. The van der Waals surface area contributed by atoms with Crippen LogP contribution in [0.5, 0.6) is 0 Å². The molecule has 0 N–H and O–H groups in total. The first kappa shape index (κ1) is 21.5. The van der Waals surface area contributed by atoms with Crippen LogP contribution in [0, 0.1) is 5.92 Å². The molecule has 1 amide bonds. The summed E-state index contributed by atoms with van der Waals surface area (Å²) < 4.78 is 6.86. The van der Waals surface area contributed by atoms with Crippen molar-refractivity contribution in [3.8, 4) is 5.69 Å². The highest BCUT2D eigenvalue weighted by atomic mass is 35.5. The lowest BCUT2D eigenvalue weighted by molar-refractivity contribution is -0.141. The van der Waals surface area contributed by atoms with E-state index in [1.54, 1.807) is 46.9 Å². The second kappa shape index (κ2) is 9.20. The van der Waals surface area contributed by atoms with Crippen molar-refractivity contribution in [2.75, 3.05) is 20.3 Å². The predicted octanol–water partition coefficient (Wildman–Crippen LogP) is 4.38. The van der Waals surface area contributed by atoms with Crippen LogP contribution in [0.15, 0.2) is 53.3 Å². The Morgan fingerprint density at radius 2 is 1.94 bits per heavy atom. The van der Waals surface area contributed by atoms with Gasteiger partial charge in [-0.2, -0.15) is 0 Å². The highest BCUT2D eigenvalue weighted by molar-refractivity contribution is 6.30. The molecule has 1 aromatic heterocycles. The molecule has 2 aromatic carbocycles. The highest BCUT2D eigenvalue weighted by Gasteiger charge is 2.34. The van der Waals surface area contributed by atoms with Gasteiger partial charge in [0, 0.05) is 24.6 Å². The van der Waals surface area contributed by atoms with E-state index in [1.165, 1.54) is 0 Å². The molecule has 0 bridgehead atoms. The number of methoxy groups -OCH3 is 1. The zero-order valence-electron chi connectivity index (χ0n) is 17.8. The molecule has 3 aromatic rings. The quantitative estimate of drug-likeness (QED) is 0.548. The third-order valence-electron chi connectivity index (χ3n) is 6.00. The number of carbonyl (C=O) groups is 1. The summed E-state index contributed by atoms with van der Waals surface area (Å²) in [4.78, 5) is 33.4. The predicted molar refractivity (Wildman–Crippen MR) is 122 cm³/mol. The van der Waals surface area contributed by atoms with E-state index < -0.39 is 6.04 Å². The zero-order valence-corrected chi connectivity index (χ0v) is 18.5. The molecule has 0 spiro atoms. The van der Waals surface area contributed by atoms with Gasteiger partial charge in [0.1, 0.15) is 5.82 Å². The topological polar surface area (TPSA) is 64.4 Å². The maximum Gasteiger partial charge on any atom is 0.266 e. The molecule has 31 heavy (non-hydrogen) atoms. The van der Waals surface area contributed by atoms with Gasteiger partial charge >= 0.3 is 0 Å². The van der Waals surface area contributed by atoms with E-state index in [9.17, 15) is 9.59 Å². The maximum absolute atomic E-state index is 13.5. The molecule has 1 atom stereocenters. The third-order valence-corrected chi connectivity index (χ3v) is 6.25. The number of nitrogens with zero attached hydrogens (tertiary/aromatic N) is 3. The van der Waals surface area contributed by atoms with E-state index in [-0.39, 0.29) is 17.4 Å². The van der Waals surface area contributed by atoms with Crippen LogP contribution in [0.25, 0.3) is 16.6 Å². The molecule has 162 valence electrons. The molecule has 1 heterocycles. The number of benzene rings is 2. The van der Waals surface area contributed by atoms with Gasteiger partial charge in [0.25, 0.3) is 5.56 Å². The van der Waals surface area contributed by atoms with Gasteiger partial charge in [-0.3, -0.25) is 14.2 Å². The Morgan fingerprint density at radius 1 is 1.23 bits per heavy atom. The molecule has 1 fully saturated rings. The number of carbonyl (C=O) groups excluding carboxylic acids is 1. The largest absolute Gasteiger partial charge is 0.383 e. The lowest BCUT2D eigenvalue weighted by Gasteiger charge is -2.35. The third kappa shape index (κ3) is 4.23. The molecule has 0 aliphatic heterocycles. The fourth-order valence-corrected chi connectivity index (χ4v) is 4.11. The Hall–Kier alpha value is -2.70. The molecule has 1 aliphatic rings. The molecule has 1 aliphatic carbocycles. The van der Waals surface area contributed by atoms with E-state index in [1.807, 2.05) is 25.1 Å². The molecule has 0 radical (unpaired) electrons. The lowest BCUT2D eigenvalue weighted by Crippen LogP contribution is -2.43. The van der Waals surface area contributed by atoms with E-state index in [0.29, 0.717) is 40.6 Å². The van der Waals surface area contributed by atoms with Gasteiger partial charge in [-0.25, -0.2) is 4.98 Å². The summed E-state index contributed by atoms with van der Waals surface area (Å²) >= 11 is 6.07. The van der Waals surface area contributed by atoms with Crippen LogP contribution < -0.4 is 5.56 Å². The SMILES string of the molecule is COCCN(C(=O)C1CCC1)C(C)c1nc2ccccc2c(=O)n1-c1ccc(Cl)cc1. The second-order valence-corrected chi connectivity index (χ2v) is 8.37. The van der Waals surface area contributed by atoms with Crippen LogP contribution in [0.1, 0.15) is 38.1 Å². The maximum atomic E-state index is 13.5. The van der Waals surface area contributed by atoms with Crippen molar-refractivity contribution in [2.24, 2.45) is 5.92 Å². The second-order valence-electron chi connectivity index (χ2n) is 7.93. The van der Waals surface area contributed by atoms with Crippen molar-refractivity contribution >= 4 is 28.4 Å². The Bertz CT molecular complexity index is 1140. The average Bonchev–Trinajstić information content (AvgIpc) is 2.73. The van der Waals surface area contributed by atoms with Crippen LogP contribution in [-0.2, 0) is 9.53 Å². The van der Waals surface area contributed by atoms with Crippen molar-refractivity contribution in [1.82, 2.24) is 14.5 Å². The fourth-order valence-electron chi connectivity index (χ4n) is 3.98. The minimum Gasteiger partial charge on any atom is -0.383 e. The van der Waals surface area contributed by atoms with E-state index >= 15 is 0 Å². The zero-order chi connectivity index (χ0) is 22.0. The minimum absolute atomic E-state index is 0.0375. The van der Waals surface area contributed by atoms with Gasteiger partial charge in [0.2, 0.25) is 5.91 Å². The first-order chi connectivity index (χ1) is 15.0. The number of para-hydroxylation sites is 1. The van der Waals surface area contributed by atoms with E-state index in [2.05, 4.69) is 0 Å².